The molecule has 0 aromatic heterocycles. The number of rotatable bonds is 4. The van der Waals surface area contributed by atoms with Crippen molar-refractivity contribution in [2.24, 2.45) is 0 Å². The van der Waals surface area contributed by atoms with E-state index in [0.29, 0.717) is 27.6 Å². The van der Waals surface area contributed by atoms with Gasteiger partial charge in [0.25, 0.3) is 11.7 Å². The summed E-state index contributed by atoms with van der Waals surface area (Å²) in [6, 6.07) is 21.6. The molecule has 0 bridgehead atoms. The molecule has 6 heteroatoms. The van der Waals surface area contributed by atoms with Crippen LogP contribution >= 0.6 is 11.6 Å². The van der Waals surface area contributed by atoms with Gasteiger partial charge in [0.1, 0.15) is 11.5 Å². The Kier molecular flexibility index (Phi) is 5.29. The molecule has 1 aliphatic rings. The van der Waals surface area contributed by atoms with Crippen molar-refractivity contribution >= 4 is 34.7 Å². The van der Waals surface area contributed by atoms with Crippen LogP contribution in [0.5, 0.6) is 5.75 Å². The van der Waals surface area contributed by atoms with Gasteiger partial charge in [-0.05, 0) is 29.8 Å². The number of amides is 1. The SMILES string of the molecule is COc1cccc(N2C(=O)C(=O)/C(=C(/O)c3ccccc3)C2c2ccc(Cl)cc2)c1. The molecule has 1 aliphatic heterocycles. The van der Waals surface area contributed by atoms with Gasteiger partial charge in [-0.2, -0.15) is 0 Å². The smallest absolute Gasteiger partial charge is 0.300 e. The van der Waals surface area contributed by atoms with E-state index in [1.165, 1.54) is 12.0 Å². The average molecular weight is 420 g/mol. The van der Waals surface area contributed by atoms with Gasteiger partial charge in [0.05, 0.1) is 18.7 Å². The molecule has 1 unspecified atom stereocenters. The molecule has 4 rings (SSSR count). The van der Waals surface area contributed by atoms with Crippen LogP contribution in [0.1, 0.15) is 17.2 Å². The first-order valence-corrected chi connectivity index (χ1v) is 9.65. The number of carbonyl (C=O) groups excluding carboxylic acids is 2. The molecule has 0 radical (unpaired) electrons. The minimum atomic E-state index is -0.811. The van der Waals surface area contributed by atoms with Crippen molar-refractivity contribution in [1.29, 1.82) is 0 Å². The Bertz CT molecular complexity index is 1140. The van der Waals surface area contributed by atoms with E-state index in [9.17, 15) is 14.7 Å². The van der Waals surface area contributed by atoms with Crippen LogP contribution in [0, 0.1) is 0 Å². The van der Waals surface area contributed by atoms with Gasteiger partial charge in [-0.3, -0.25) is 14.5 Å². The molecule has 1 atom stereocenters. The van der Waals surface area contributed by atoms with Gasteiger partial charge >= 0.3 is 0 Å². The van der Waals surface area contributed by atoms with E-state index in [-0.39, 0.29) is 11.3 Å². The molecule has 1 fully saturated rings. The lowest BCUT2D eigenvalue weighted by molar-refractivity contribution is -0.132. The average Bonchev–Trinajstić information content (AvgIpc) is 3.05. The molecular formula is C24H18ClNO4. The van der Waals surface area contributed by atoms with Crippen molar-refractivity contribution in [3.8, 4) is 5.75 Å². The number of hydrogen-bond acceptors (Lipinski definition) is 4. The minimum Gasteiger partial charge on any atom is -0.507 e. The van der Waals surface area contributed by atoms with E-state index in [1.807, 2.05) is 6.07 Å². The Balaban J connectivity index is 1.94. The Morgan fingerprint density at radius 1 is 0.967 bits per heavy atom. The third-order valence-electron chi connectivity index (χ3n) is 5.01. The number of carbonyl (C=O) groups is 2. The third-order valence-corrected chi connectivity index (χ3v) is 5.26. The maximum absolute atomic E-state index is 13.1. The first-order valence-electron chi connectivity index (χ1n) is 9.27. The van der Waals surface area contributed by atoms with Gasteiger partial charge in [-0.1, -0.05) is 60.1 Å². The molecule has 1 N–H and O–H groups in total. The summed E-state index contributed by atoms with van der Waals surface area (Å²) in [4.78, 5) is 27.5. The zero-order valence-electron chi connectivity index (χ0n) is 16.1. The molecule has 3 aromatic rings. The maximum atomic E-state index is 13.1. The van der Waals surface area contributed by atoms with E-state index in [2.05, 4.69) is 0 Å². The van der Waals surface area contributed by atoms with Crippen LogP contribution in [0.15, 0.2) is 84.4 Å². The highest BCUT2D eigenvalue weighted by atomic mass is 35.5. The van der Waals surface area contributed by atoms with Crippen LogP contribution in [-0.4, -0.2) is 23.9 Å². The van der Waals surface area contributed by atoms with Gasteiger partial charge in [0.2, 0.25) is 0 Å². The molecule has 1 amide bonds. The fourth-order valence-electron chi connectivity index (χ4n) is 3.57. The number of benzene rings is 3. The first kappa shape index (κ1) is 19.7. The second-order valence-corrected chi connectivity index (χ2v) is 7.22. The quantitative estimate of drug-likeness (QED) is 0.368. The molecule has 30 heavy (non-hydrogen) atoms. The molecule has 0 saturated carbocycles. The summed E-state index contributed by atoms with van der Waals surface area (Å²) in [7, 11) is 1.53. The number of ketones is 1. The van der Waals surface area contributed by atoms with Gasteiger partial charge in [0, 0.05) is 22.3 Å². The lowest BCUT2D eigenvalue weighted by Gasteiger charge is -2.25. The number of ether oxygens (including phenoxy) is 1. The van der Waals surface area contributed by atoms with Gasteiger partial charge in [0.15, 0.2) is 0 Å². The predicted octanol–water partition coefficient (Wildman–Crippen LogP) is 4.97. The van der Waals surface area contributed by atoms with Crippen LogP contribution < -0.4 is 9.64 Å². The summed E-state index contributed by atoms with van der Waals surface area (Å²) in [5.41, 5.74) is 1.62. The Morgan fingerprint density at radius 3 is 2.33 bits per heavy atom. The molecule has 1 saturated heterocycles. The topological polar surface area (TPSA) is 66.8 Å². The zero-order valence-corrected chi connectivity index (χ0v) is 16.8. The van der Waals surface area contributed by atoms with E-state index >= 15 is 0 Å². The van der Waals surface area contributed by atoms with Gasteiger partial charge in [-0.25, -0.2) is 0 Å². The largest absolute Gasteiger partial charge is 0.507 e. The number of nitrogens with zero attached hydrogens (tertiary/aromatic N) is 1. The molecule has 5 nitrogen and oxygen atoms in total. The van der Waals surface area contributed by atoms with Crippen molar-refractivity contribution in [2.75, 3.05) is 12.0 Å². The van der Waals surface area contributed by atoms with Crippen molar-refractivity contribution in [3.05, 3.63) is 101 Å². The van der Waals surface area contributed by atoms with Crippen LogP contribution in [0.2, 0.25) is 5.02 Å². The molecule has 1 heterocycles. The minimum absolute atomic E-state index is 0.0244. The summed E-state index contributed by atoms with van der Waals surface area (Å²) in [6.07, 6.45) is 0. The van der Waals surface area contributed by atoms with E-state index < -0.39 is 17.7 Å². The van der Waals surface area contributed by atoms with E-state index in [0.717, 1.165) is 0 Å². The predicted molar refractivity (Wildman–Crippen MR) is 116 cm³/mol. The fraction of sp³-hybridized carbons (Fsp3) is 0.0833. The highest BCUT2D eigenvalue weighted by Gasteiger charge is 2.47. The zero-order chi connectivity index (χ0) is 21.3. The number of aliphatic hydroxyl groups is 1. The standard InChI is InChI=1S/C24H18ClNO4/c1-30-19-9-5-8-18(14-19)26-21(15-10-12-17(25)13-11-15)20(23(28)24(26)29)22(27)16-6-3-2-4-7-16/h2-14,21,27H,1H3/b22-20+. The second kappa shape index (κ2) is 8.05. The lowest BCUT2D eigenvalue weighted by atomic mass is 9.95. The Labute approximate surface area is 178 Å². The molecular weight excluding hydrogens is 402 g/mol. The highest BCUT2D eigenvalue weighted by Crippen LogP contribution is 2.42. The lowest BCUT2D eigenvalue weighted by Crippen LogP contribution is -2.29. The molecule has 150 valence electrons. The molecule has 3 aromatic carbocycles. The summed E-state index contributed by atoms with van der Waals surface area (Å²) < 4.78 is 5.28. The number of aliphatic hydroxyl groups excluding tert-OH is 1. The van der Waals surface area contributed by atoms with Crippen molar-refractivity contribution in [1.82, 2.24) is 0 Å². The Hall–Kier alpha value is -3.57. The molecule has 0 aliphatic carbocycles. The number of hydrogen-bond donors (Lipinski definition) is 1. The third kappa shape index (κ3) is 3.44. The second-order valence-electron chi connectivity index (χ2n) is 6.79. The Morgan fingerprint density at radius 2 is 1.67 bits per heavy atom. The highest BCUT2D eigenvalue weighted by molar-refractivity contribution is 6.51. The van der Waals surface area contributed by atoms with Crippen molar-refractivity contribution in [2.45, 2.75) is 6.04 Å². The van der Waals surface area contributed by atoms with Gasteiger partial charge < -0.3 is 9.84 Å². The van der Waals surface area contributed by atoms with E-state index in [1.54, 1.807) is 72.8 Å². The summed E-state index contributed by atoms with van der Waals surface area (Å²) in [6.45, 7) is 0. The van der Waals surface area contributed by atoms with Crippen molar-refractivity contribution < 1.29 is 19.4 Å². The van der Waals surface area contributed by atoms with Crippen LogP contribution in [0.3, 0.4) is 0 Å². The van der Waals surface area contributed by atoms with E-state index in [4.69, 9.17) is 16.3 Å². The van der Waals surface area contributed by atoms with Crippen LogP contribution in [-0.2, 0) is 9.59 Å². The number of halogens is 1. The monoisotopic (exact) mass is 419 g/mol. The number of methoxy groups -OCH3 is 1. The van der Waals surface area contributed by atoms with Crippen LogP contribution in [0.25, 0.3) is 5.76 Å². The normalized spacial score (nSPS) is 17.9. The van der Waals surface area contributed by atoms with Gasteiger partial charge in [-0.15, -0.1) is 0 Å². The fourth-order valence-corrected chi connectivity index (χ4v) is 3.70. The first-order chi connectivity index (χ1) is 14.5. The summed E-state index contributed by atoms with van der Waals surface area (Å²) in [5, 5.41) is 11.5. The van der Waals surface area contributed by atoms with Crippen LogP contribution in [0.4, 0.5) is 5.69 Å². The number of Topliss-reactive ketones (excluding diaryl/α,β-unsaturated/α-hetero) is 1. The summed E-state index contributed by atoms with van der Waals surface area (Å²) >= 11 is 6.04. The van der Waals surface area contributed by atoms with Crippen molar-refractivity contribution in [3.63, 3.8) is 0 Å². The maximum Gasteiger partial charge on any atom is 0.300 e. The number of anilines is 1. The molecule has 0 spiro atoms. The summed E-state index contributed by atoms with van der Waals surface area (Å²) in [5.74, 6) is -1.15.